The van der Waals surface area contributed by atoms with Gasteiger partial charge in [0.15, 0.2) is 9.84 Å². The first-order valence-corrected chi connectivity index (χ1v) is 14.1. The molecule has 8 heteroatoms. The predicted octanol–water partition coefficient (Wildman–Crippen LogP) is 5.05. The van der Waals surface area contributed by atoms with Crippen LogP contribution >= 0.6 is 11.3 Å². The van der Waals surface area contributed by atoms with E-state index < -0.39 is 9.84 Å². The topological polar surface area (TPSA) is 72.4 Å². The molecule has 3 heterocycles. The minimum absolute atomic E-state index is 0.303. The Hall–Kier alpha value is -2.81. The fraction of sp³-hybridized carbons (Fsp3) is 0.308. The zero-order valence-corrected chi connectivity index (χ0v) is 20.7. The first kappa shape index (κ1) is 23.0. The summed E-state index contributed by atoms with van der Waals surface area (Å²) >= 11 is 1.48. The van der Waals surface area contributed by atoms with Gasteiger partial charge in [0.2, 0.25) is 5.88 Å². The zero-order valence-electron chi connectivity index (χ0n) is 19.1. The molecule has 1 aliphatic heterocycles. The molecular weight excluding hydrogens is 466 g/mol. The summed E-state index contributed by atoms with van der Waals surface area (Å²) in [6, 6.07) is 21.2. The molecule has 0 N–H and O–H groups in total. The molecule has 1 saturated heterocycles. The van der Waals surface area contributed by atoms with Gasteiger partial charge in [0.05, 0.1) is 11.5 Å². The standard InChI is InChI=1S/C26H27N3O3S2/c1-34(30,31)22-9-7-21(8-10-22)25-27-23-11-12-24(28-26(23)33-25)32-18-20-13-15-29(16-14-20)17-19-5-3-2-4-6-19/h2-12,20H,13-18H2,1H3. The van der Waals surface area contributed by atoms with Crippen LogP contribution in [0.1, 0.15) is 18.4 Å². The van der Waals surface area contributed by atoms with Gasteiger partial charge in [0, 0.05) is 24.4 Å². The Morgan fingerprint density at radius 1 is 0.971 bits per heavy atom. The number of benzene rings is 2. The monoisotopic (exact) mass is 493 g/mol. The third-order valence-corrected chi connectivity index (χ3v) is 8.33. The van der Waals surface area contributed by atoms with Crippen molar-refractivity contribution in [3.63, 3.8) is 0 Å². The summed E-state index contributed by atoms with van der Waals surface area (Å²) in [5, 5.41) is 0.811. The van der Waals surface area contributed by atoms with E-state index in [1.807, 2.05) is 12.1 Å². The molecular formula is C26H27N3O3S2. The SMILES string of the molecule is CS(=O)(=O)c1ccc(-c2nc3ccc(OCC4CCN(Cc5ccccc5)CC4)nc3s2)cc1. The van der Waals surface area contributed by atoms with Crippen LogP contribution in [0.2, 0.25) is 0 Å². The summed E-state index contributed by atoms with van der Waals surface area (Å²) in [7, 11) is -3.21. The number of nitrogens with zero attached hydrogens (tertiary/aromatic N) is 3. The van der Waals surface area contributed by atoms with E-state index in [9.17, 15) is 8.42 Å². The molecule has 34 heavy (non-hydrogen) atoms. The second-order valence-electron chi connectivity index (χ2n) is 8.81. The lowest BCUT2D eigenvalue weighted by atomic mass is 9.97. The summed E-state index contributed by atoms with van der Waals surface area (Å²) in [5.41, 5.74) is 3.05. The second kappa shape index (κ2) is 9.82. The Kier molecular flexibility index (Phi) is 6.63. The molecule has 0 atom stereocenters. The van der Waals surface area contributed by atoms with E-state index in [1.165, 1.54) is 23.2 Å². The van der Waals surface area contributed by atoms with E-state index in [1.54, 1.807) is 24.3 Å². The van der Waals surface area contributed by atoms with Gasteiger partial charge >= 0.3 is 0 Å². The van der Waals surface area contributed by atoms with Crippen LogP contribution in [0.4, 0.5) is 0 Å². The summed E-state index contributed by atoms with van der Waals surface area (Å²) in [4.78, 5) is 12.9. The molecule has 0 radical (unpaired) electrons. The Bertz CT molecular complexity index is 1360. The molecule has 4 aromatic rings. The van der Waals surface area contributed by atoms with E-state index in [0.29, 0.717) is 23.3 Å². The third kappa shape index (κ3) is 5.46. The van der Waals surface area contributed by atoms with Gasteiger partial charge in [0.1, 0.15) is 15.4 Å². The maximum absolute atomic E-state index is 11.7. The molecule has 0 bridgehead atoms. The van der Waals surface area contributed by atoms with Crippen LogP contribution in [0, 0.1) is 5.92 Å². The van der Waals surface area contributed by atoms with E-state index in [4.69, 9.17) is 4.74 Å². The molecule has 0 spiro atoms. The minimum atomic E-state index is -3.21. The number of ether oxygens (including phenoxy) is 1. The number of hydrogen-bond acceptors (Lipinski definition) is 7. The lowest BCUT2D eigenvalue weighted by molar-refractivity contribution is 0.135. The average molecular weight is 494 g/mol. The number of thiazole rings is 1. The molecule has 1 aliphatic rings. The summed E-state index contributed by atoms with van der Waals surface area (Å²) in [6.07, 6.45) is 3.46. The van der Waals surface area contributed by atoms with Crippen LogP contribution in [0.15, 0.2) is 71.6 Å². The van der Waals surface area contributed by atoms with Crippen molar-refractivity contribution in [2.24, 2.45) is 5.92 Å². The summed E-state index contributed by atoms with van der Waals surface area (Å²) in [6.45, 7) is 3.87. The van der Waals surface area contributed by atoms with Gasteiger partial charge in [-0.25, -0.2) is 18.4 Å². The second-order valence-corrected chi connectivity index (χ2v) is 11.8. The van der Waals surface area contributed by atoms with Crippen molar-refractivity contribution < 1.29 is 13.2 Å². The van der Waals surface area contributed by atoms with Gasteiger partial charge < -0.3 is 4.74 Å². The summed E-state index contributed by atoms with van der Waals surface area (Å²) < 4.78 is 29.4. The molecule has 0 saturated carbocycles. The molecule has 1 fully saturated rings. The number of fused-ring (bicyclic) bond motifs is 1. The Morgan fingerprint density at radius 2 is 1.71 bits per heavy atom. The van der Waals surface area contributed by atoms with Crippen molar-refractivity contribution in [3.8, 4) is 16.5 Å². The first-order chi connectivity index (χ1) is 16.4. The van der Waals surface area contributed by atoms with Crippen LogP contribution in [-0.4, -0.2) is 49.2 Å². The van der Waals surface area contributed by atoms with Crippen molar-refractivity contribution >= 4 is 31.5 Å². The highest BCUT2D eigenvalue weighted by atomic mass is 32.2. The van der Waals surface area contributed by atoms with E-state index in [2.05, 4.69) is 45.2 Å². The predicted molar refractivity (Wildman–Crippen MR) is 136 cm³/mol. The van der Waals surface area contributed by atoms with Crippen molar-refractivity contribution in [2.75, 3.05) is 26.0 Å². The maximum atomic E-state index is 11.7. The Labute approximate surface area is 204 Å². The highest BCUT2D eigenvalue weighted by Gasteiger charge is 2.20. The van der Waals surface area contributed by atoms with Crippen LogP contribution in [0.5, 0.6) is 5.88 Å². The number of pyridine rings is 1. The number of aromatic nitrogens is 2. The van der Waals surface area contributed by atoms with Crippen molar-refractivity contribution in [1.82, 2.24) is 14.9 Å². The van der Waals surface area contributed by atoms with Crippen molar-refractivity contribution in [3.05, 3.63) is 72.3 Å². The number of piperidine rings is 1. The molecule has 2 aromatic heterocycles. The molecule has 0 unspecified atom stereocenters. The molecule has 5 rings (SSSR count). The molecule has 0 amide bonds. The van der Waals surface area contributed by atoms with Gasteiger partial charge in [-0.15, -0.1) is 0 Å². The van der Waals surface area contributed by atoms with Crippen molar-refractivity contribution in [2.45, 2.75) is 24.3 Å². The van der Waals surface area contributed by atoms with E-state index in [0.717, 1.165) is 53.4 Å². The van der Waals surface area contributed by atoms with Gasteiger partial charge in [-0.1, -0.05) is 53.8 Å². The van der Waals surface area contributed by atoms with Gasteiger partial charge in [0.25, 0.3) is 0 Å². The lowest BCUT2D eigenvalue weighted by Crippen LogP contribution is -2.35. The molecule has 176 valence electrons. The lowest BCUT2D eigenvalue weighted by Gasteiger charge is -2.31. The number of likely N-dealkylation sites (tertiary alicyclic amines) is 1. The van der Waals surface area contributed by atoms with Crippen LogP contribution in [0.25, 0.3) is 20.9 Å². The Morgan fingerprint density at radius 3 is 2.41 bits per heavy atom. The molecule has 2 aromatic carbocycles. The van der Waals surface area contributed by atoms with Crippen LogP contribution in [-0.2, 0) is 16.4 Å². The molecule has 0 aliphatic carbocycles. The average Bonchev–Trinajstić information content (AvgIpc) is 3.27. The minimum Gasteiger partial charge on any atom is -0.477 e. The van der Waals surface area contributed by atoms with Gasteiger partial charge in [-0.05, 0) is 55.6 Å². The highest BCUT2D eigenvalue weighted by molar-refractivity contribution is 7.90. The van der Waals surface area contributed by atoms with E-state index >= 15 is 0 Å². The zero-order chi connectivity index (χ0) is 23.5. The van der Waals surface area contributed by atoms with E-state index in [-0.39, 0.29) is 0 Å². The number of hydrogen-bond donors (Lipinski definition) is 0. The van der Waals surface area contributed by atoms with Crippen molar-refractivity contribution in [1.29, 1.82) is 0 Å². The van der Waals surface area contributed by atoms with Gasteiger partial charge in [-0.3, -0.25) is 4.90 Å². The number of sulfone groups is 1. The third-order valence-electron chi connectivity index (χ3n) is 6.18. The maximum Gasteiger partial charge on any atom is 0.214 e. The van der Waals surface area contributed by atoms with Crippen LogP contribution in [0.3, 0.4) is 0 Å². The smallest absolute Gasteiger partial charge is 0.214 e. The normalized spacial score (nSPS) is 15.6. The largest absolute Gasteiger partial charge is 0.477 e. The fourth-order valence-corrected chi connectivity index (χ4v) is 5.77. The number of rotatable bonds is 7. The quantitative estimate of drug-likeness (QED) is 0.359. The van der Waals surface area contributed by atoms with Gasteiger partial charge in [-0.2, -0.15) is 0 Å². The first-order valence-electron chi connectivity index (χ1n) is 11.4. The summed E-state index contributed by atoms with van der Waals surface area (Å²) in [5.74, 6) is 1.16. The van der Waals surface area contributed by atoms with Crippen LogP contribution < -0.4 is 4.74 Å². The Balaban J connectivity index is 1.18. The highest BCUT2D eigenvalue weighted by Crippen LogP contribution is 2.31. The fourth-order valence-electron chi connectivity index (χ4n) is 4.20. The molecule has 6 nitrogen and oxygen atoms in total.